The van der Waals surface area contributed by atoms with Gasteiger partial charge in [0.1, 0.15) is 0 Å². The fourth-order valence-electron chi connectivity index (χ4n) is 3.01. The average molecular weight is 273 g/mol. The number of nitrogens with zero attached hydrogens (tertiary/aromatic N) is 1. The van der Waals surface area contributed by atoms with Crippen molar-refractivity contribution in [2.75, 3.05) is 12.7 Å². The first-order valence-corrected chi connectivity index (χ1v) is 8.90. The lowest BCUT2D eigenvalue weighted by molar-refractivity contribution is 0.0700. The van der Waals surface area contributed by atoms with Crippen LogP contribution in [-0.4, -0.2) is 29.0 Å². The molecule has 0 aromatic rings. The van der Waals surface area contributed by atoms with E-state index in [2.05, 4.69) is 32.0 Å². The lowest BCUT2D eigenvalue weighted by atomic mass is 9.89. The summed E-state index contributed by atoms with van der Waals surface area (Å²) in [6.45, 7) is 13.2. The summed E-state index contributed by atoms with van der Waals surface area (Å²) < 4.78 is 21.1. The molecule has 0 amide bonds. The maximum Gasteiger partial charge on any atom is 0.276 e. The summed E-state index contributed by atoms with van der Waals surface area (Å²) in [7, 11) is -2.74. The predicted molar refractivity (Wildman–Crippen MR) is 78.1 cm³/mol. The summed E-state index contributed by atoms with van der Waals surface area (Å²) in [4.78, 5) is 0. The molecule has 3 nitrogen and oxygen atoms in total. The molecule has 0 spiro atoms. The van der Waals surface area contributed by atoms with Crippen LogP contribution in [0, 0.1) is 0 Å². The van der Waals surface area contributed by atoms with E-state index in [1.807, 2.05) is 6.92 Å². The Labute approximate surface area is 112 Å². The van der Waals surface area contributed by atoms with Crippen molar-refractivity contribution in [2.45, 2.75) is 65.0 Å². The summed E-state index contributed by atoms with van der Waals surface area (Å²) in [6, 6.07) is 0. The van der Waals surface area contributed by atoms with Gasteiger partial charge in [0.05, 0.1) is 12.3 Å². The molecule has 0 aliphatic carbocycles. The van der Waals surface area contributed by atoms with E-state index in [0.29, 0.717) is 6.16 Å². The van der Waals surface area contributed by atoms with Gasteiger partial charge in [-0.05, 0) is 32.6 Å². The maximum atomic E-state index is 13.1. The second-order valence-corrected chi connectivity index (χ2v) is 7.56. The van der Waals surface area contributed by atoms with Crippen LogP contribution in [0.5, 0.6) is 0 Å². The third kappa shape index (κ3) is 2.89. The largest absolute Gasteiger partial charge is 0.314 e. The van der Waals surface area contributed by atoms with E-state index in [0.717, 1.165) is 32.2 Å². The van der Waals surface area contributed by atoms with Gasteiger partial charge in [0.2, 0.25) is 0 Å². The van der Waals surface area contributed by atoms with Gasteiger partial charge in [-0.25, -0.2) is 4.67 Å². The van der Waals surface area contributed by atoms with Crippen LogP contribution in [0.3, 0.4) is 0 Å². The third-order valence-electron chi connectivity index (χ3n) is 4.34. The van der Waals surface area contributed by atoms with E-state index in [1.54, 1.807) is 6.08 Å². The summed E-state index contributed by atoms with van der Waals surface area (Å²) in [5.74, 6) is 0. The van der Waals surface area contributed by atoms with Gasteiger partial charge < -0.3 is 4.52 Å². The molecule has 2 unspecified atom stereocenters. The van der Waals surface area contributed by atoms with Crippen molar-refractivity contribution in [3.63, 3.8) is 0 Å². The van der Waals surface area contributed by atoms with Crippen LogP contribution in [0.15, 0.2) is 12.7 Å². The molecule has 0 bridgehead atoms. The van der Waals surface area contributed by atoms with E-state index in [4.69, 9.17) is 4.52 Å². The third-order valence-corrected chi connectivity index (χ3v) is 7.11. The Morgan fingerprint density at radius 1 is 1.39 bits per heavy atom. The van der Waals surface area contributed by atoms with Crippen molar-refractivity contribution in [2.24, 2.45) is 0 Å². The van der Waals surface area contributed by atoms with Gasteiger partial charge in [-0.2, -0.15) is 0 Å². The first-order valence-electron chi connectivity index (χ1n) is 7.14. The summed E-state index contributed by atoms with van der Waals surface area (Å²) in [5, 5.41) is 0. The summed E-state index contributed by atoms with van der Waals surface area (Å²) >= 11 is 0. The highest BCUT2D eigenvalue weighted by Crippen LogP contribution is 2.59. The zero-order valence-corrected chi connectivity index (χ0v) is 13.2. The van der Waals surface area contributed by atoms with Crippen molar-refractivity contribution in [1.82, 2.24) is 4.67 Å². The van der Waals surface area contributed by atoms with Crippen LogP contribution in [0.2, 0.25) is 0 Å². The van der Waals surface area contributed by atoms with Gasteiger partial charge in [-0.3, -0.25) is 4.57 Å². The minimum Gasteiger partial charge on any atom is -0.314 e. The number of hydrogen-bond acceptors (Lipinski definition) is 2. The van der Waals surface area contributed by atoms with E-state index in [1.165, 1.54) is 0 Å². The Morgan fingerprint density at radius 2 is 1.94 bits per heavy atom. The normalized spacial score (nSPS) is 30.3. The van der Waals surface area contributed by atoms with Crippen LogP contribution in [0.1, 0.15) is 53.4 Å². The smallest absolute Gasteiger partial charge is 0.276 e. The lowest BCUT2D eigenvalue weighted by Gasteiger charge is -2.49. The van der Waals surface area contributed by atoms with Gasteiger partial charge in [-0.1, -0.05) is 26.8 Å². The Balaban J connectivity index is 3.09. The second-order valence-electron chi connectivity index (χ2n) is 5.22. The first kappa shape index (κ1) is 15.9. The molecule has 0 aromatic carbocycles. The predicted octanol–water partition coefficient (Wildman–Crippen LogP) is 4.45. The van der Waals surface area contributed by atoms with Gasteiger partial charge in [0.25, 0.3) is 7.52 Å². The van der Waals surface area contributed by atoms with Crippen LogP contribution >= 0.6 is 7.52 Å². The number of rotatable bonds is 6. The fourth-order valence-corrected chi connectivity index (χ4v) is 5.89. The second kappa shape index (κ2) is 6.36. The Hall–Kier alpha value is -0.110. The van der Waals surface area contributed by atoms with E-state index in [-0.39, 0.29) is 11.6 Å². The molecule has 0 aromatic heterocycles. The van der Waals surface area contributed by atoms with Crippen LogP contribution in [0.25, 0.3) is 0 Å². The molecule has 18 heavy (non-hydrogen) atoms. The number of hydrogen-bond donors (Lipinski definition) is 0. The van der Waals surface area contributed by atoms with Gasteiger partial charge in [-0.15, -0.1) is 6.58 Å². The molecule has 4 heteroatoms. The average Bonchev–Trinajstić information content (AvgIpc) is 2.34. The van der Waals surface area contributed by atoms with Crippen LogP contribution < -0.4 is 0 Å². The topological polar surface area (TPSA) is 29.5 Å². The Morgan fingerprint density at radius 3 is 2.39 bits per heavy atom. The SMILES string of the molecule is C=CCP1(=O)OC(C)CCN1C(CC)(CC)CC. The van der Waals surface area contributed by atoms with Crippen LogP contribution in [-0.2, 0) is 9.09 Å². The maximum absolute atomic E-state index is 13.1. The van der Waals surface area contributed by atoms with Gasteiger partial charge >= 0.3 is 0 Å². The van der Waals surface area contributed by atoms with E-state index in [9.17, 15) is 4.57 Å². The highest BCUT2D eigenvalue weighted by Gasteiger charge is 2.46. The highest BCUT2D eigenvalue weighted by molar-refractivity contribution is 7.56. The standard InChI is InChI=1S/C14H28NO2P/c1-6-12-18(16)15(11-10-13(5)17-18)14(7-2,8-3)9-4/h6,13H,1,7-12H2,2-5H3. The van der Waals surface area contributed by atoms with E-state index < -0.39 is 7.52 Å². The van der Waals surface area contributed by atoms with E-state index >= 15 is 0 Å². The van der Waals surface area contributed by atoms with Gasteiger partial charge in [0, 0.05) is 12.1 Å². The summed E-state index contributed by atoms with van der Waals surface area (Å²) in [6.07, 6.45) is 6.28. The van der Waals surface area contributed by atoms with Crippen LogP contribution in [0.4, 0.5) is 0 Å². The molecule has 1 saturated heterocycles. The fraction of sp³-hybridized carbons (Fsp3) is 0.857. The molecular weight excluding hydrogens is 245 g/mol. The molecule has 106 valence electrons. The molecule has 0 N–H and O–H groups in total. The minimum absolute atomic E-state index is 0.0126. The molecule has 0 saturated carbocycles. The van der Waals surface area contributed by atoms with Crippen molar-refractivity contribution in [3.8, 4) is 0 Å². The zero-order chi connectivity index (χ0) is 13.8. The Kier molecular flexibility index (Phi) is 5.64. The Bertz CT molecular complexity index is 317. The van der Waals surface area contributed by atoms with Crippen molar-refractivity contribution < 1.29 is 9.09 Å². The van der Waals surface area contributed by atoms with Crippen molar-refractivity contribution in [1.29, 1.82) is 0 Å². The highest BCUT2D eigenvalue weighted by atomic mass is 31.2. The molecule has 1 fully saturated rings. The summed E-state index contributed by atoms with van der Waals surface area (Å²) in [5.41, 5.74) is 0.0126. The molecule has 1 aliphatic rings. The molecule has 1 heterocycles. The molecule has 0 radical (unpaired) electrons. The monoisotopic (exact) mass is 273 g/mol. The molecule has 2 atom stereocenters. The zero-order valence-electron chi connectivity index (χ0n) is 12.3. The van der Waals surface area contributed by atoms with Gasteiger partial charge in [0.15, 0.2) is 0 Å². The number of allylic oxidation sites excluding steroid dienone is 1. The van der Waals surface area contributed by atoms with Crippen molar-refractivity contribution in [3.05, 3.63) is 12.7 Å². The quantitative estimate of drug-likeness (QED) is 0.529. The molecular formula is C14H28NO2P. The molecule has 1 rings (SSSR count). The minimum atomic E-state index is -2.74. The lowest BCUT2D eigenvalue weighted by Crippen LogP contribution is -2.49. The molecule has 1 aliphatic heterocycles. The first-order chi connectivity index (χ1) is 8.48. The van der Waals surface area contributed by atoms with Crippen molar-refractivity contribution >= 4 is 7.52 Å².